The van der Waals surface area contributed by atoms with Gasteiger partial charge in [-0.1, -0.05) is 60.3 Å². The van der Waals surface area contributed by atoms with Crippen molar-refractivity contribution in [2.75, 3.05) is 45.9 Å². The topological polar surface area (TPSA) is 96.9 Å². The number of hydrogen-bond acceptors (Lipinski definition) is 9. The van der Waals surface area contributed by atoms with Crippen LogP contribution in [0, 0.1) is 0 Å². The number of hydrogen-bond donors (Lipinski definition) is 1. The van der Waals surface area contributed by atoms with Crippen molar-refractivity contribution in [1.29, 1.82) is 0 Å². The number of aryl methyl sites for hydroxylation is 1. The Bertz CT molecular complexity index is 1630. The zero-order valence-corrected chi connectivity index (χ0v) is 29.8. The molecule has 5 rings (SSSR count). The van der Waals surface area contributed by atoms with E-state index in [0.717, 1.165) is 64.8 Å². The molecule has 1 unspecified atom stereocenters. The Balaban J connectivity index is 1.18. The van der Waals surface area contributed by atoms with Crippen LogP contribution in [0.3, 0.4) is 0 Å². The predicted molar refractivity (Wildman–Crippen MR) is 192 cm³/mol. The summed E-state index contributed by atoms with van der Waals surface area (Å²) in [6.07, 6.45) is 12.1. The Morgan fingerprint density at radius 3 is 2.04 bits per heavy atom. The summed E-state index contributed by atoms with van der Waals surface area (Å²) >= 11 is 13.2. The molecule has 2 aromatic heterocycles. The number of halogens is 2. The Morgan fingerprint density at radius 2 is 1.39 bits per heavy atom. The van der Waals surface area contributed by atoms with Crippen LogP contribution in [0.25, 0.3) is 0 Å². The fourth-order valence-electron chi connectivity index (χ4n) is 6.43. The molecule has 3 aromatic rings. The van der Waals surface area contributed by atoms with Crippen molar-refractivity contribution in [2.45, 2.75) is 58.4 Å². The van der Waals surface area contributed by atoms with E-state index in [2.05, 4.69) is 37.2 Å². The SMILES string of the molecule is CC1=C(C(=O)OCCCCCCc2cccnc2)C(c2cccc(Cl)c2Cl)C(C(=O)OCCN2CCN(Cc3cccnc3)CC2)=C(C)N1. The van der Waals surface area contributed by atoms with Crippen LogP contribution in [0.2, 0.25) is 10.0 Å². The number of ether oxygens (including phenoxy) is 2. The molecule has 260 valence electrons. The zero-order valence-electron chi connectivity index (χ0n) is 28.3. The summed E-state index contributed by atoms with van der Waals surface area (Å²) in [5.41, 5.74) is 4.80. The molecule has 1 saturated heterocycles. The fraction of sp³-hybridized carbons (Fsp3) is 0.421. The standard InChI is InChI=1S/C38H45Cl2N5O4/c1-27-33(37(46)48-22-6-4-3-5-10-29-11-8-15-41-24-29)35(31-13-7-14-32(39)36(31)40)34(28(2)43-27)38(47)49-23-21-44-17-19-45(20-18-44)26-30-12-9-16-42-25-30/h7-9,11-16,24-25,35,43H,3-6,10,17-23,26H2,1-2H3. The molecule has 4 heterocycles. The Morgan fingerprint density at radius 1 is 0.776 bits per heavy atom. The second kappa shape index (κ2) is 18.3. The van der Waals surface area contributed by atoms with E-state index in [1.807, 2.05) is 24.5 Å². The highest BCUT2D eigenvalue weighted by atomic mass is 35.5. The average Bonchev–Trinajstić information content (AvgIpc) is 3.10. The van der Waals surface area contributed by atoms with Gasteiger partial charge in [0.05, 0.1) is 33.7 Å². The van der Waals surface area contributed by atoms with E-state index < -0.39 is 17.9 Å². The third kappa shape index (κ3) is 10.1. The van der Waals surface area contributed by atoms with Gasteiger partial charge in [-0.15, -0.1) is 0 Å². The van der Waals surface area contributed by atoms with Gasteiger partial charge in [0.25, 0.3) is 0 Å². The maximum absolute atomic E-state index is 13.8. The highest BCUT2D eigenvalue weighted by molar-refractivity contribution is 6.42. The van der Waals surface area contributed by atoms with E-state index in [9.17, 15) is 9.59 Å². The maximum Gasteiger partial charge on any atom is 0.336 e. The summed E-state index contributed by atoms with van der Waals surface area (Å²) in [6, 6.07) is 13.3. The molecule has 2 aliphatic rings. The van der Waals surface area contributed by atoms with Gasteiger partial charge in [-0.05, 0) is 68.0 Å². The van der Waals surface area contributed by atoms with Crippen LogP contribution in [0.15, 0.2) is 89.8 Å². The zero-order chi connectivity index (χ0) is 34.6. The first kappa shape index (κ1) is 36.5. The molecular weight excluding hydrogens is 661 g/mol. The number of unbranched alkanes of at least 4 members (excludes halogenated alkanes) is 3. The quantitative estimate of drug-likeness (QED) is 0.136. The first-order valence-electron chi connectivity index (χ1n) is 17.0. The van der Waals surface area contributed by atoms with Crippen LogP contribution in [-0.4, -0.2) is 77.6 Å². The van der Waals surface area contributed by atoms with Crippen molar-refractivity contribution in [2.24, 2.45) is 0 Å². The number of carbonyl (C=O) groups is 2. The number of benzene rings is 1. The maximum atomic E-state index is 13.8. The number of esters is 2. The van der Waals surface area contributed by atoms with Gasteiger partial charge in [0.2, 0.25) is 0 Å². The highest BCUT2D eigenvalue weighted by Gasteiger charge is 2.39. The third-order valence-electron chi connectivity index (χ3n) is 9.04. The van der Waals surface area contributed by atoms with Crippen molar-refractivity contribution < 1.29 is 19.1 Å². The first-order chi connectivity index (χ1) is 23.8. The van der Waals surface area contributed by atoms with Crippen molar-refractivity contribution in [3.8, 4) is 0 Å². The number of pyridine rings is 2. The molecule has 2 aliphatic heterocycles. The van der Waals surface area contributed by atoms with E-state index in [0.29, 0.717) is 39.7 Å². The van der Waals surface area contributed by atoms with Gasteiger partial charge < -0.3 is 14.8 Å². The van der Waals surface area contributed by atoms with E-state index in [-0.39, 0.29) is 18.2 Å². The average molecular weight is 707 g/mol. The summed E-state index contributed by atoms with van der Waals surface area (Å²) in [7, 11) is 0. The first-order valence-corrected chi connectivity index (χ1v) is 17.8. The van der Waals surface area contributed by atoms with E-state index in [1.54, 1.807) is 44.4 Å². The Labute approximate surface area is 299 Å². The van der Waals surface area contributed by atoms with Gasteiger partial charge in [0.1, 0.15) is 6.61 Å². The van der Waals surface area contributed by atoms with Crippen LogP contribution in [0.1, 0.15) is 62.1 Å². The summed E-state index contributed by atoms with van der Waals surface area (Å²) in [5.74, 6) is -1.81. The van der Waals surface area contributed by atoms with Gasteiger partial charge >= 0.3 is 11.9 Å². The summed E-state index contributed by atoms with van der Waals surface area (Å²) in [5, 5.41) is 3.85. The minimum absolute atomic E-state index is 0.220. The van der Waals surface area contributed by atoms with Gasteiger partial charge in [0.15, 0.2) is 0 Å². The van der Waals surface area contributed by atoms with Crippen LogP contribution in [0.5, 0.6) is 0 Å². The molecular formula is C38H45Cl2N5O4. The second-order valence-corrected chi connectivity index (χ2v) is 13.3. The third-order valence-corrected chi connectivity index (χ3v) is 9.88. The predicted octanol–water partition coefficient (Wildman–Crippen LogP) is 6.73. The van der Waals surface area contributed by atoms with Crippen molar-refractivity contribution in [1.82, 2.24) is 25.1 Å². The smallest absolute Gasteiger partial charge is 0.336 e. The van der Waals surface area contributed by atoms with E-state index in [4.69, 9.17) is 32.7 Å². The largest absolute Gasteiger partial charge is 0.462 e. The Kier molecular flexibility index (Phi) is 13.6. The number of rotatable bonds is 15. The van der Waals surface area contributed by atoms with Crippen LogP contribution in [0.4, 0.5) is 0 Å². The van der Waals surface area contributed by atoms with E-state index >= 15 is 0 Å². The van der Waals surface area contributed by atoms with Gasteiger partial charge in [-0.25, -0.2) is 9.59 Å². The lowest BCUT2D eigenvalue weighted by atomic mass is 9.80. The van der Waals surface area contributed by atoms with Crippen molar-refractivity contribution >= 4 is 35.1 Å². The number of nitrogens with one attached hydrogen (secondary N) is 1. The molecule has 11 heteroatoms. The molecule has 1 aromatic carbocycles. The lowest BCUT2D eigenvalue weighted by Gasteiger charge is -2.34. The number of carbonyl (C=O) groups excluding carboxylic acids is 2. The van der Waals surface area contributed by atoms with Crippen molar-refractivity contribution in [3.05, 3.63) is 117 Å². The van der Waals surface area contributed by atoms with Gasteiger partial charge in [0, 0.05) is 75.4 Å². The molecule has 1 atom stereocenters. The van der Waals surface area contributed by atoms with Crippen molar-refractivity contribution in [3.63, 3.8) is 0 Å². The normalized spacial score (nSPS) is 17.2. The molecule has 0 aliphatic carbocycles. The summed E-state index contributed by atoms with van der Waals surface area (Å²) in [4.78, 5) is 40.6. The Hall–Kier alpha value is -3.76. The molecule has 0 spiro atoms. The molecule has 0 saturated carbocycles. The monoisotopic (exact) mass is 705 g/mol. The molecule has 9 nitrogen and oxygen atoms in total. The van der Waals surface area contributed by atoms with Crippen LogP contribution >= 0.6 is 23.2 Å². The second-order valence-electron chi connectivity index (χ2n) is 12.6. The number of piperazine rings is 1. The lowest BCUT2D eigenvalue weighted by Crippen LogP contribution is -2.47. The molecule has 0 bridgehead atoms. The summed E-state index contributed by atoms with van der Waals surface area (Å²) in [6.45, 7) is 9.19. The highest BCUT2D eigenvalue weighted by Crippen LogP contribution is 2.43. The number of allylic oxidation sites excluding steroid dienone is 2. The minimum atomic E-state index is -0.803. The summed E-state index contributed by atoms with van der Waals surface area (Å²) < 4.78 is 11.7. The van der Waals surface area contributed by atoms with E-state index in [1.165, 1.54) is 11.1 Å². The molecule has 49 heavy (non-hydrogen) atoms. The molecule has 1 fully saturated rings. The number of aromatic nitrogens is 2. The number of nitrogens with zero attached hydrogens (tertiary/aromatic N) is 4. The van der Waals surface area contributed by atoms with Gasteiger partial charge in [-0.2, -0.15) is 0 Å². The molecule has 0 amide bonds. The van der Waals surface area contributed by atoms with Crippen LogP contribution < -0.4 is 5.32 Å². The number of dihydropyridines is 1. The molecule has 0 radical (unpaired) electrons. The van der Waals surface area contributed by atoms with Gasteiger partial charge in [-0.3, -0.25) is 19.8 Å². The molecule has 1 N–H and O–H groups in total. The minimum Gasteiger partial charge on any atom is -0.462 e. The lowest BCUT2D eigenvalue weighted by molar-refractivity contribution is -0.140. The van der Waals surface area contributed by atoms with Crippen LogP contribution in [-0.2, 0) is 32.0 Å². The fourth-order valence-corrected chi connectivity index (χ4v) is 6.85.